The highest BCUT2D eigenvalue weighted by atomic mass is 19.1. The van der Waals surface area contributed by atoms with Crippen molar-refractivity contribution in [3.63, 3.8) is 0 Å². The summed E-state index contributed by atoms with van der Waals surface area (Å²) in [5.74, 6) is 0.859. The fourth-order valence-corrected chi connectivity index (χ4v) is 1.17. The van der Waals surface area contributed by atoms with Gasteiger partial charge in [0.1, 0.15) is 5.75 Å². The topological polar surface area (TPSA) is 21.3 Å². The van der Waals surface area contributed by atoms with Crippen molar-refractivity contribution >= 4 is 0 Å². The number of methoxy groups -OCH3 is 1. The highest BCUT2D eigenvalue weighted by Crippen LogP contribution is 2.10. The Bertz CT molecular complexity index is 248. The molecule has 1 N–H and O–H groups in total. The third-order valence-corrected chi connectivity index (χ3v) is 1.98. The van der Waals surface area contributed by atoms with Crippen molar-refractivity contribution < 1.29 is 9.13 Å². The lowest BCUT2D eigenvalue weighted by molar-refractivity contribution is 0.414. The first-order chi connectivity index (χ1) is 6.86. The summed E-state index contributed by atoms with van der Waals surface area (Å²) in [6.07, 6.45) is 0.580. The van der Waals surface area contributed by atoms with E-state index in [9.17, 15) is 4.39 Å². The molecule has 78 valence electrons. The molecule has 0 bridgehead atoms. The standard InChI is InChI=1S/C11H16FNO/c1-14-11-5-3-10(4-6-11)9-13-8-2-7-12/h3-6,13H,2,7-9H2,1H3. The lowest BCUT2D eigenvalue weighted by atomic mass is 10.2. The van der Waals surface area contributed by atoms with E-state index in [1.165, 1.54) is 5.56 Å². The van der Waals surface area contributed by atoms with Crippen LogP contribution in [0, 0.1) is 0 Å². The first-order valence-electron chi connectivity index (χ1n) is 4.76. The number of hydrogen-bond acceptors (Lipinski definition) is 2. The largest absolute Gasteiger partial charge is 0.497 e. The van der Waals surface area contributed by atoms with Crippen molar-refractivity contribution in [3.05, 3.63) is 29.8 Å². The van der Waals surface area contributed by atoms with Crippen molar-refractivity contribution in [2.24, 2.45) is 0 Å². The maximum Gasteiger partial charge on any atom is 0.118 e. The van der Waals surface area contributed by atoms with E-state index in [1.807, 2.05) is 24.3 Å². The van der Waals surface area contributed by atoms with Crippen LogP contribution in [-0.4, -0.2) is 20.3 Å². The van der Waals surface area contributed by atoms with E-state index >= 15 is 0 Å². The van der Waals surface area contributed by atoms with Crippen LogP contribution in [0.3, 0.4) is 0 Å². The van der Waals surface area contributed by atoms with Crippen LogP contribution in [0.4, 0.5) is 4.39 Å². The molecule has 0 amide bonds. The number of alkyl halides is 1. The van der Waals surface area contributed by atoms with Crippen molar-refractivity contribution in [2.75, 3.05) is 20.3 Å². The molecule has 0 aliphatic rings. The van der Waals surface area contributed by atoms with E-state index in [0.29, 0.717) is 6.42 Å². The van der Waals surface area contributed by atoms with Crippen LogP contribution >= 0.6 is 0 Å². The molecule has 0 saturated heterocycles. The normalized spacial score (nSPS) is 10.1. The molecule has 1 aromatic rings. The lowest BCUT2D eigenvalue weighted by Crippen LogP contribution is -2.14. The Hall–Kier alpha value is -1.09. The molecule has 0 aromatic heterocycles. The van der Waals surface area contributed by atoms with Crippen LogP contribution in [0.5, 0.6) is 5.75 Å². The molecule has 0 atom stereocenters. The van der Waals surface area contributed by atoms with Gasteiger partial charge in [-0.05, 0) is 30.7 Å². The van der Waals surface area contributed by atoms with Crippen molar-refractivity contribution in [1.82, 2.24) is 5.32 Å². The van der Waals surface area contributed by atoms with Crippen molar-refractivity contribution in [3.8, 4) is 5.75 Å². The summed E-state index contributed by atoms with van der Waals surface area (Å²) in [4.78, 5) is 0. The molecule has 0 spiro atoms. The number of nitrogens with one attached hydrogen (secondary N) is 1. The van der Waals surface area contributed by atoms with Crippen LogP contribution in [0.25, 0.3) is 0 Å². The average Bonchev–Trinajstić information content (AvgIpc) is 2.25. The number of halogens is 1. The molecule has 1 aromatic carbocycles. The Morgan fingerprint density at radius 1 is 1.29 bits per heavy atom. The molecule has 14 heavy (non-hydrogen) atoms. The van der Waals surface area contributed by atoms with Gasteiger partial charge in [0.15, 0.2) is 0 Å². The first kappa shape index (κ1) is 11.0. The summed E-state index contributed by atoms with van der Waals surface area (Å²) < 4.78 is 16.8. The highest BCUT2D eigenvalue weighted by molar-refractivity contribution is 5.26. The summed E-state index contributed by atoms with van der Waals surface area (Å²) in [5, 5.41) is 3.16. The molecule has 0 fully saturated rings. The lowest BCUT2D eigenvalue weighted by Gasteiger charge is -2.04. The minimum atomic E-state index is -0.254. The van der Waals surface area contributed by atoms with Crippen LogP contribution in [0.15, 0.2) is 24.3 Å². The van der Waals surface area contributed by atoms with E-state index in [-0.39, 0.29) is 6.67 Å². The quantitative estimate of drug-likeness (QED) is 0.705. The zero-order valence-electron chi connectivity index (χ0n) is 8.42. The predicted molar refractivity (Wildman–Crippen MR) is 55.3 cm³/mol. The summed E-state index contributed by atoms with van der Waals surface area (Å²) in [6, 6.07) is 7.85. The summed E-state index contributed by atoms with van der Waals surface area (Å²) in [5.41, 5.74) is 1.18. The maximum atomic E-state index is 11.8. The van der Waals surface area contributed by atoms with Gasteiger partial charge in [-0.3, -0.25) is 4.39 Å². The first-order valence-corrected chi connectivity index (χ1v) is 4.76. The van der Waals surface area contributed by atoms with Gasteiger partial charge in [-0.25, -0.2) is 0 Å². The molecule has 0 radical (unpaired) electrons. The molecule has 0 aliphatic heterocycles. The van der Waals surface area contributed by atoms with E-state index in [2.05, 4.69) is 5.32 Å². The fraction of sp³-hybridized carbons (Fsp3) is 0.455. The third kappa shape index (κ3) is 3.75. The minimum absolute atomic E-state index is 0.254. The Morgan fingerprint density at radius 2 is 2.00 bits per heavy atom. The van der Waals surface area contributed by atoms with Gasteiger partial charge in [-0.15, -0.1) is 0 Å². The Balaban J connectivity index is 2.29. The SMILES string of the molecule is COc1ccc(CNCCCF)cc1. The number of hydrogen-bond donors (Lipinski definition) is 1. The van der Waals surface area contributed by atoms with Gasteiger partial charge in [0.2, 0.25) is 0 Å². The number of benzene rings is 1. The van der Waals surface area contributed by atoms with Gasteiger partial charge < -0.3 is 10.1 Å². The second kappa shape index (κ2) is 6.38. The highest BCUT2D eigenvalue weighted by Gasteiger charge is 1.93. The second-order valence-electron chi connectivity index (χ2n) is 3.07. The Morgan fingerprint density at radius 3 is 2.57 bits per heavy atom. The van der Waals surface area contributed by atoms with Crippen LogP contribution in [0.1, 0.15) is 12.0 Å². The average molecular weight is 197 g/mol. The number of rotatable bonds is 6. The van der Waals surface area contributed by atoms with Crippen LogP contribution in [0.2, 0.25) is 0 Å². The van der Waals surface area contributed by atoms with Crippen molar-refractivity contribution in [1.29, 1.82) is 0 Å². The van der Waals surface area contributed by atoms with E-state index in [4.69, 9.17) is 4.74 Å². The maximum absolute atomic E-state index is 11.8. The Kier molecular flexibility index (Phi) is 5.00. The monoisotopic (exact) mass is 197 g/mol. The molecule has 0 aliphatic carbocycles. The molecule has 1 rings (SSSR count). The molecule has 0 unspecified atom stereocenters. The summed E-state index contributed by atoms with van der Waals surface area (Å²) in [7, 11) is 1.65. The van der Waals surface area contributed by atoms with Gasteiger partial charge in [0.25, 0.3) is 0 Å². The molecule has 0 saturated carbocycles. The molecule has 3 heteroatoms. The smallest absolute Gasteiger partial charge is 0.118 e. The van der Waals surface area contributed by atoms with Gasteiger partial charge in [0, 0.05) is 6.54 Å². The molecule has 2 nitrogen and oxygen atoms in total. The molecular formula is C11H16FNO. The summed E-state index contributed by atoms with van der Waals surface area (Å²) >= 11 is 0. The fourth-order valence-electron chi connectivity index (χ4n) is 1.17. The number of ether oxygens (including phenoxy) is 1. The van der Waals surface area contributed by atoms with Gasteiger partial charge in [0.05, 0.1) is 13.8 Å². The van der Waals surface area contributed by atoms with Gasteiger partial charge >= 0.3 is 0 Å². The van der Waals surface area contributed by atoms with E-state index < -0.39 is 0 Å². The van der Waals surface area contributed by atoms with Gasteiger partial charge in [-0.1, -0.05) is 12.1 Å². The third-order valence-electron chi connectivity index (χ3n) is 1.98. The van der Waals surface area contributed by atoms with Crippen molar-refractivity contribution in [2.45, 2.75) is 13.0 Å². The summed E-state index contributed by atoms with van der Waals surface area (Å²) in [6.45, 7) is 1.25. The minimum Gasteiger partial charge on any atom is -0.497 e. The second-order valence-corrected chi connectivity index (χ2v) is 3.07. The van der Waals surface area contributed by atoms with E-state index in [1.54, 1.807) is 7.11 Å². The molecular weight excluding hydrogens is 181 g/mol. The van der Waals surface area contributed by atoms with Crippen LogP contribution in [-0.2, 0) is 6.54 Å². The predicted octanol–water partition coefficient (Wildman–Crippen LogP) is 2.14. The van der Waals surface area contributed by atoms with Crippen LogP contribution < -0.4 is 10.1 Å². The zero-order valence-corrected chi connectivity index (χ0v) is 8.42. The Labute approximate surface area is 84.1 Å². The molecule has 0 heterocycles. The van der Waals surface area contributed by atoms with E-state index in [0.717, 1.165) is 18.8 Å². The zero-order chi connectivity index (χ0) is 10.2. The van der Waals surface area contributed by atoms with Gasteiger partial charge in [-0.2, -0.15) is 0 Å².